The Bertz CT molecular complexity index is 813. The van der Waals surface area contributed by atoms with Crippen LogP contribution in [0, 0.1) is 11.3 Å². The Balaban J connectivity index is 1.54. The molecule has 6 nitrogen and oxygen atoms in total. The number of carbonyl (C=O) groups is 2. The third-order valence-electron chi connectivity index (χ3n) is 5.44. The number of likely N-dealkylation sites (tertiary alicyclic amines) is 1. The molecule has 1 N–H and O–H groups in total. The van der Waals surface area contributed by atoms with E-state index in [1.54, 1.807) is 7.05 Å². The molecule has 1 saturated heterocycles. The fourth-order valence-corrected chi connectivity index (χ4v) is 3.80. The molecule has 2 aromatic rings. The molecule has 6 heteroatoms. The van der Waals surface area contributed by atoms with Gasteiger partial charge in [0.2, 0.25) is 11.8 Å². The van der Waals surface area contributed by atoms with Gasteiger partial charge in [0.15, 0.2) is 0 Å². The van der Waals surface area contributed by atoms with Crippen molar-refractivity contribution in [3.63, 3.8) is 0 Å². The Morgan fingerprint density at radius 1 is 1.31 bits per heavy atom. The number of amides is 2. The van der Waals surface area contributed by atoms with Crippen LogP contribution in [0.25, 0.3) is 11.3 Å². The molecule has 2 aliphatic rings. The number of benzene rings is 1. The van der Waals surface area contributed by atoms with E-state index < -0.39 is 5.41 Å². The van der Waals surface area contributed by atoms with Crippen LogP contribution in [0.1, 0.15) is 25.0 Å². The normalized spacial score (nSPS) is 22.4. The second kappa shape index (κ2) is 6.59. The van der Waals surface area contributed by atoms with Crippen LogP contribution in [-0.4, -0.2) is 42.0 Å². The summed E-state index contributed by atoms with van der Waals surface area (Å²) in [6.07, 6.45) is 3.04. The van der Waals surface area contributed by atoms with E-state index in [1.807, 2.05) is 41.3 Å². The molecule has 1 unspecified atom stereocenters. The lowest BCUT2D eigenvalue weighted by atomic mass is 9.81. The Labute approximate surface area is 152 Å². The topological polar surface area (TPSA) is 75.4 Å². The molecule has 4 rings (SSSR count). The highest BCUT2D eigenvalue weighted by molar-refractivity contribution is 5.86. The van der Waals surface area contributed by atoms with Crippen LogP contribution in [0.15, 0.2) is 40.9 Å². The minimum atomic E-state index is -0.646. The summed E-state index contributed by atoms with van der Waals surface area (Å²) >= 11 is 0. The number of nitrogens with one attached hydrogen (secondary N) is 1. The number of rotatable bonds is 5. The molecule has 0 bridgehead atoms. The van der Waals surface area contributed by atoms with Gasteiger partial charge >= 0.3 is 0 Å². The second-order valence-corrected chi connectivity index (χ2v) is 7.36. The largest absolute Gasteiger partial charge is 0.361 e. The average Bonchev–Trinajstić information content (AvgIpc) is 3.28. The number of carbonyl (C=O) groups excluding carboxylic acids is 2. The molecule has 1 saturated carbocycles. The summed E-state index contributed by atoms with van der Waals surface area (Å²) in [4.78, 5) is 26.9. The molecule has 0 radical (unpaired) electrons. The standard InChI is InChI=1S/C20H23N3O3/c1-21-19(25)20(9-10-23(13-20)18(24)15-7-8-15)12-16-11-17(22-26-16)14-5-3-2-4-6-14/h2-6,11,15H,7-10,12-13H2,1H3,(H,21,25). The molecule has 2 heterocycles. The molecule has 1 aromatic heterocycles. The molecule has 2 amide bonds. The summed E-state index contributed by atoms with van der Waals surface area (Å²) in [5, 5.41) is 6.92. The minimum absolute atomic E-state index is 0.0405. The van der Waals surface area contributed by atoms with Gasteiger partial charge in [-0.05, 0) is 19.3 Å². The first-order chi connectivity index (χ1) is 12.6. The molecular formula is C20H23N3O3. The van der Waals surface area contributed by atoms with Gasteiger partial charge in [0, 0.05) is 44.1 Å². The predicted molar refractivity (Wildman–Crippen MR) is 96.1 cm³/mol. The highest BCUT2D eigenvalue weighted by Crippen LogP contribution is 2.39. The predicted octanol–water partition coefficient (Wildman–Crippen LogP) is 2.26. The van der Waals surface area contributed by atoms with E-state index in [-0.39, 0.29) is 17.7 Å². The summed E-state index contributed by atoms with van der Waals surface area (Å²) in [6, 6.07) is 11.7. The summed E-state index contributed by atoms with van der Waals surface area (Å²) < 4.78 is 5.52. The van der Waals surface area contributed by atoms with Crippen molar-refractivity contribution in [3.8, 4) is 11.3 Å². The maximum atomic E-state index is 12.7. The SMILES string of the molecule is CNC(=O)C1(Cc2cc(-c3ccccc3)no2)CCN(C(=O)C2CC2)C1. The van der Waals surface area contributed by atoms with E-state index in [4.69, 9.17) is 4.52 Å². The van der Waals surface area contributed by atoms with E-state index in [1.165, 1.54) is 0 Å². The van der Waals surface area contributed by atoms with Gasteiger partial charge in [0.1, 0.15) is 11.5 Å². The van der Waals surface area contributed by atoms with Gasteiger partial charge in [-0.3, -0.25) is 9.59 Å². The number of hydrogen-bond acceptors (Lipinski definition) is 4. The molecule has 1 aromatic carbocycles. The first-order valence-corrected chi connectivity index (χ1v) is 9.13. The van der Waals surface area contributed by atoms with Gasteiger partial charge < -0.3 is 14.7 Å². The van der Waals surface area contributed by atoms with E-state index in [0.717, 1.165) is 24.1 Å². The monoisotopic (exact) mass is 353 g/mol. The molecule has 2 fully saturated rings. The van der Waals surface area contributed by atoms with E-state index in [0.29, 0.717) is 31.7 Å². The van der Waals surface area contributed by atoms with Crippen LogP contribution in [0.4, 0.5) is 0 Å². The van der Waals surface area contributed by atoms with Crippen LogP contribution in [-0.2, 0) is 16.0 Å². The van der Waals surface area contributed by atoms with Crippen LogP contribution < -0.4 is 5.32 Å². The van der Waals surface area contributed by atoms with Crippen molar-refractivity contribution in [2.24, 2.45) is 11.3 Å². The molecule has 136 valence electrons. The first kappa shape index (κ1) is 16.8. The zero-order valence-corrected chi connectivity index (χ0v) is 14.9. The third-order valence-corrected chi connectivity index (χ3v) is 5.44. The number of hydrogen-bond donors (Lipinski definition) is 1. The number of nitrogens with zero attached hydrogens (tertiary/aromatic N) is 2. The lowest BCUT2D eigenvalue weighted by Crippen LogP contribution is -2.44. The molecule has 1 aliphatic carbocycles. The Morgan fingerprint density at radius 2 is 2.08 bits per heavy atom. The summed E-state index contributed by atoms with van der Waals surface area (Å²) in [7, 11) is 1.64. The molecule has 0 spiro atoms. The summed E-state index contributed by atoms with van der Waals surface area (Å²) in [5.41, 5.74) is 1.09. The van der Waals surface area contributed by atoms with Gasteiger partial charge in [-0.1, -0.05) is 35.5 Å². The highest BCUT2D eigenvalue weighted by atomic mass is 16.5. The van der Waals surface area contributed by atoms with Crippen molar-refractivity contribution < 1.29 is 14.1 Å². The summed E-state index contributed by atoms with van der Waals surface area (Å²) in [6.45, 7) is 1.08. The van der Waals surface area contributed by atoms with Crippen molar-refractivity contribution in [3.05, 3.63) is 42.2 Å². The average molecular weight is 353 g/mol. The van der Waals surface area contributed by atoms with E-state index >= 15 is 0 Å². The molecule has 1 atom stereocenters. The van der Waals surface area contributed by atoms with Crippen LogP contribution >= 0.6 is 0 Å². The van der Waals surface area contributed by atoms with Crippen molar-refractivity contribution in [1.29, 1.82) is 0 Å². The Kier molecular flexibility index (Phi) is 4.26. The van der Waals surface area contributed by atoms with Crippen LogP contribution in [0.3, 0.4) is 0 Å². The zero-order valence-electron chi connectivity index (χ0n) is 14.9. The summed E-state index contributed by atoms with van der Waals surface area (Å²) in [5.74, 6) is 0.998. The molecule has 26 heavy (non-hydrogen) atoms. The van der Waals surface area contributed by atoms with Crippen molar-refractivity contribution in [1.82, 2.24) is 15.4 Å². The third kappa shape index (κ3) is 3.11. The maximum absolute atomic E-state index is 12.7. The van der Waals surface area contributed by atoms with Gasteiger partial charge in [-0.2, -0.15) is 0 Å². The van der Waals surface area contributed by atoms with E-state index in [9.17, 15) is 9.59 Å². The fourth-order valence-electron chi connectivity index (χ4n) is 3.80. The Hall–Kier alpha value is -2.63. The number of aromatic nitrogens is 1. The fraction of sp³-hybridized carbons (Fsp3) is 0.450. The smallest absolute Gasteiger partial charge is 0.228 e. The van der Waals surface area contributed by atoms with Crippen LogP contribution in [0.2, 0.25) is 0 Å². The second-order valence-electron chi connectivity index (χ2n) is 7.36. The van der Waals surface area contributed by atoms with Crippen molar-refractivity contribution in [2.75, 3.05) is 20.1 Å². The van der Waals surface area contributed by atoms with Gasteiger partial charge in [-0.15, -0.1) is 0 Å². The van der Waals surface area contributed by atoms with Crippen molar-refractivity contribution in [2.45, 2.75) is 25.7 Å². The van der Waals surface area contributed by atoms with Crippen molar-refractivity contribution >= 4 is 11.8 Å². The first-order valence-electron chi connectivity index (χ1n) is 9.13. The highest BCUT2D eigenvalue weighted by Gasteiger charge is 2.48. The molecule has 1 aliphatic heterocycles. The van der Waals surface area contributed by atoms with Gasteiger partial charge in [0.05, 0.1) is 5.41 Å². The van der Waals surface area contributed by atoms with Gasteiger partial charge in [-0.25, -0.2) is 0 Å². The van der Waals surface area contributed by atoms with E-state index in [2.05, 4.69) is 10.5 Å². The minimum Gasteiger partial charge on any atom is -0.361 e. The lowest BCUT2D eigenvalue weighted by molar-refractivity contribution is -0.134. The Morgan fingerprint density at radius 3 is 2.77 bits per heavy atom. The zero-order chi connectivity index (χ0) is 18.1. The quantitative estimate of drug-likeness (QED) is 0.895. The molecular weight excluding hydrogens is 330 g/mol. The van der Waals surface area contributed by atoms with Crippen LogP contribution in [0.5, 0.6) is 0 Å². The van der Waals surface area contributed by atoms with Gasteiger partial charge in [0.25, 0.3) is 0 Å². The maximum Gasteiger partial charge on any atom is 0.228 e. The lowest BCUT2D eigenvalue weighted by Gasteiger charge is -2.26.